The average molecular weight is 437 g/mol. The largest absolute Gasteiger partial charge is 0.349 e. The van der Waals surface area contributed by atoms with Gasteiger partial charge >= 0.3 is 0 Å². The molecule has 1 aromatic carbocycles. The molecule has 1 fully saturated rings. The molecule has 1 saturated heterocycles. The molecule has 1 aliphatic heterocycles. The Kier molecular flexibility index (Phi) is 6.61. The lowest BCUT2D eigenvalue weighted by Crippen LogP contribution is -2.42. The number of benzene rings is 1. The number of aromatic nitrogens is 2. The van der Waals surface area contributed by atoms with E-state index in [0.29, 0.717) is 18.7 Å². The summed E-state index contributed by atoms with van der Waals surface area (Å²) in [4.78, 5) is 37.3. The number of amides is 2. The third-order valence-corrected chi connectivity index (χ3v) is 6.90. The molecule has 162 valence electrons. The van der Waals surface area contributed by atoms with Crippen LogP contribution < -0.4 is 5.32 Å². The molecule has 3 heterocycles. The van der Waals surface area contributed by atoms with E-state index in [2.05, 4.69) is 27.4 Å². The summed E-state index contributed by atoms with van der Waals surface area (Å²) in [5.74, 6) is -0.112. The minimum absolute atomic E-state index is 0.0283. The first-order valence-electron chi connectivity index (χ1n) is 10.9. The summed E-state index contributed by atoms with van der Waals surface area (Å²) in [6.45, 7) is 4.64. The molecule has 7 heteroatoms. The van der Waals surface area contributed by atoms with Gasteiger partial charge in [-0.25, -0.2) is 4.98 Å². The van der Waals surface area contributed by atoms with Crippen molar-refractivity contribution in [2.75, 3.05) is 6.54 Å². The zero-order valence-electron chi connectivity index (χ0n) is 18.0. The maximum atomic E-state index is 13.3. The van der Waals surface area contributed by atoms with Crippen molar-refractivity contribution in [3.8, 4) is 0 Å². The lowest BCUT2D eigenvalue weighted by Gasteiger charge is -2.30. The molecule has 1 atom stereocenters. The Morgan fingerprint density at radius 2 is 2.03 bits per heavy atom. The van der Waals surface area contributed by atoms with Crippen LogP contribution in [0.1, 0.15) is 65.3 Å². The fourth-order valence-electron chi connectivity index (χ4n) is 4.26. The molecule has 0 radical (unpaired) electrons. The molecule has 1 N–H and O–H groups in total. The Bertz CT molecular complexity index is 1060. The summed E-state index contributed by atoms with van der Waals surface area (Å²) in [5, 5.41) is 4.15. The van der Waals surface area contributed by atoms with Crippen LogP contribution >= 0.6 is 11.3 Å². The molecule has 1 unspecified atom stereocenters. The van der Waals surface area contributed by atoms with Gasteiger partial charge in [-0.2, -0.15) is 0 Å². The van der Waals surface area contributed by atoms with Crippen molar-refractivity contribution in [3.63, 3.8) is 0 Å². The second-order valence-corrected chi connectivity index (χ2v) is 9.38. The summed E-state index contributed by atoms with van der Waals surface area (Å²) in [6.07, 6.45) is 9.41. The van der Waals surface area contributed by atoms with Gasteiger partial charge < -0.3 is 10.2 Å². The zero-order chi connectivity index (χ0) is 21.8. The average Bonchev–Trinajstić information content (AvgIpc) is 2.97. The van der Waals surface area contributed by atoms with Gasteiger partial charge in [0.25, 0.3) is 11.8 Å². The second kappa shape index (κ2) is 9.56. The van der Waals surface area contributed by atoms with E-state index in [4.69, 9.17) is 0 Å². The molecule has 31 heavy (non-hydrogen) atoms. The number of fused-ring (bicyclic) bond motifs is 1. The van der Waals surface area contributed by atoms with E-state index in [9.17, 15) is 9.59 Å². The van der Waals surface area contributed by atoms with Gasteiger partial charge in [-0.05, 0) is 50.1 Å². The van der Waals surface area contributed by atoms with Crippen LogP contribution in [-0.2, 0) is 6.42 Å². The summed E-state index contributed by atoms with van der Waals surface area (Å²) in [5.41, 5.74) is 1.42. The predicted octanol–water partition coefficient (Wildman–Crippen LogP) is 4.46. The van der Waals surface area contributed by atoms with Crippen molar-refractivity contribution in [3.05, 3.63) is 59.0 Å². The highest BCUT2D eigenvalue weighted by Gasteiger charge is 2.30. The standard InChI is InChI=1S/C24H28N4O2S/c1-16(2)27-23(29)22-19(18-9-5-6-10-21(18)31-22)14-17-8-4-3-7-13-28(17)24(30)20-15-25-11-12-26-20/h5-6,9-12,15-17H,3-4,7-8,13-14H2,1-2H3,(H,27,29). The Balaban J connectivity index is 1.70. The van der Waals surface area contributed by atoms with Gasteiger partial charge in [-0.3, -0.25) is 14.6 Å². The van der Waals surface area contributed by atoms with E-state index < -0.39 is 0 Å². The number of hydrogen-bond acceptors (Lipinski definition) is 5. The molecular formula is C24H28N4O2S. The van der Waals surface area contributed by atoms with E-state index in [1.807, 2.05) is 30.9 Å². The summed E-state index contributed by atoms with van der Waals surface area (Å²) < 4.78 is 1.10. The topological polar surface area (TPSA) is 75.2 Å². The minimum atomic E-state index is -0.0762. The van der Waals surface area contributed by atoms with Crippen LogP contribution in [0, 0.1) is 0 Å². The van der Waals surface area contributed by atoms with Crippen molar-refractivity contribution < 1.29 is 9.59 Å². The van der Waals surface area contributed by atoms with Crippen molar-refractivity contribution in [1.29, 1.82) is 0 Å². The van der Waals surface area contributed by atoms with Gasteiger partial charge in [-0.15, -0.1) is 11.3 Å². The van der Waals surface area contributed by atoms with E-state index >= 15 is 0 Å². The van der Waals surface area contributed by atoms with Gasteiger partial charge in [-0.1, -0.05) is 31.0 Å². The fraction of sp³-hybridized carbons (Fsp3) is 0.417. The molecule has 2 amide bonds. The molecule has 0 bridgehead atoms. The van der Waals surface area contributed by atoms with Crippen LogP contribution in [0.4, 0.5) is 0 Å². The first kappa shape index (κ1) is 21.4. The molecule has 4 rings (SSSR count). The number of nitrogens with zero attached hydrogens (tertiary/aromatic N) is 3. The highest BCUT2D eigenvalue weighted by atomic mass is 32.1. The number of carbonyl (C=O) groups is 2. The lowest BCUT2D eigenvalue weighted by molar-refractivity contribution is 0.0676. The van der Waals surface area contributed by atoms with E-state index in [1.165, 1.54) is 17.5 Å². The third-order valence-electron chi connectivity index (χ3n) is 5.68. The normalized spacial score (nSPS) is 17.0. The zero-order valence-corrected chi connectivity index (χ0v) is 18.8. The first-order chi connectivity index (χ1) is 15.0. The maximum absolute atomic E-state index is 13.3. The summed E-state index contributed by atoms with van der Waals surface area (Å²) in [7, 11) is 0. The summed E-state index contributed by atoms with van der Waals surface area (Å²) >= 11 is 1.54. The Labute approximate surface area is 186 Å². The second-order valence-electron chi connectivity index (χ2n) is 8.33. The third kappa shape index (κ3) is 4.77. The molecular weight excluding hydrogens is 408 g/mol. The predicted molar refractivity (Wildman–Crippen MR) is 123 cm³/mol. The number of thiophene rings is 1. The SMILES string of the molecule is CC(C)NC(=O)c1sc2ccccc2c1CC1CCCCCN1C(=O)c1cnccn1. The lowest BCUT2D eigenvalue weighted by atomic mass is 9.97. The van der Waals surface area contributed by atoms with Crippen LogP contribution in [0.5, 0.6) is 0 Å². The van der Waals surface area contributed by atoms with Crippen molar-refractivity contribution in [2.24, 2.45) is 0 Å². The summed E-state index contributed by atoms with van der Waals surface area (Å²) in [6, 6.07) is 8.25. The molecule has 0 saturated carbocycles. The van der Waals surface area contributed by atoms with Gasteiger partial charge in [0.1, 0.15) is 5.69 Å². The fourth-order valence-corrected chi connectivity index (χ4v) is 5.40. The van der Waals surface area contributed by atoms with Crippen LogP contribution in [0.15, 0.2) is 42.9 Å². The Morgan fingerprint density at radius 3 is 2.81 bits per heavy atom. The minimum Gasteiger partial charge on any atom is -0.349 e. The van der Waals surface area contributed by atoms with Crippen molar-refractivity contribution in [2.45, 2.75) is 58.0 Å². The molecule has 6 nitrogen and oxygen atoms in total. The highest BCUT2D eigenvalue weighted by Crippen LogP contribution is 2.34. The van der Waals surface area contributed by atoms with E-state index in [1.54, 1.807) is 12.4 Å². The van der Waals surface area contributed by atoms with Crippen LogP contribution in [-0.4, -0.2) is 45.3 Å². The number of likely N-dealkylation sites (tertiary alicyclic amines) is 1. The number of rotatable bonds is 5. The smallest absolute Gasteiger partial charge is 0.274 e. The van der Waals surface area contributed by atoms with E-state index in [0.717, 1.165) is 46.2 Å². The van der Waals surface area contributed by atoms with Gasteiger partial charge in [0, 0.05) is 35.7 Å². The maximum Gasteiger partial charge on any atom is 0.274 e. The van der Waals surface area contributed by atoms with Crippen molar-refractivity contribution >= 4 is 33.2 Å². The Hall–Kier alpha value is -2.80. The first-order valence-corrected chi connectivity index (χ1v) is 11.7. The highest BCUT2D eigenvalue weighted by molar-refractivity contribution is 7.21. The quantitative estimate of drug-likeness (QED) is 0.641. The molecule has 2 aromatic heterocycles. The van der Waals surface area contributed by atoms with Crippen molar-refractivity contribution in [1.82, 2.24) is 20.2 Å². The Morgan fingerprint density at radius 1 is 1.19 bits per heavy atom. The number of hydrogen-bond donors (Lipinski definition) is 1. The number of carbonyl (C=O) groups excluding carboxylic acids is 2. The van der Waals surface area contributed by atoms with Gasteiger partial charge in [0.05, 0.1) is 11.1 Å². The molecule has 0 spiro atoms. The molecule has 3 aromatic rings. The van der Waals surface area contributed by atoms with E-state index in [-0.39, 0.29) is 23.9 Å². The molecule has 0 aliphatic carbocycles. The van der Waals surface area contributed by atoms with Crippen LogP contribution in [0.25, 0.3) is 10.1 Å². The van der Waals surface area contributed by atoms with Crippen LogP contribution in [0.3, 0.4) is 0 Å². The number of nitrogens with one attached hydrogen (secondary N) is 1. The molecule has 1 aliphatic rings. The van der Waals surface area contributed by atoms with Gasteiger partial charge in [0.15, 0.2) is 0 Å². The van der Waals surface area contributed by atoms with Crippen LogP contribution in [0.2, 0.25) is 0 Å². The monoisotopic (exact) mass is 436 g/mol. The van der Waals surface area contributed by atoms with Gasteiger partial charge in [0.2, 0.25) is 0 Å².